The lowest BCUT2D eigenvalue weighted by molar-refractivity contribution is 0.415. The Kier molecular flexibility index (Phi) is 5.11. The van der Waals surface area contributed by atoms with Crippen molar-refractivity contribution >= 4 is 32.4 Å². The third-order valence-corrected chi connectivity index (χ3v) is 5.44. The van der Waals surface area contributed by atoms with Crippen LogP contribution in [0.3, 0.4) is 0 Å². The zero-order valence-corrected chi connectivity index (χ0v) is 17.7. The predicted molar refractivity (Wildman–Crippen MR) is 119 cm³/mol. The summed E-state index contributed by atoms with van der Waals surface area (Å²) < 4.78 is 12.6. The highest BCUT2D eigenvalue weighted by Gasteiger charge is 2.20. The number of nitrogens with zero attached hydrogens (tertiary/aromatic N) is 2. The van der Waals surface area contributed by atoms with E-state index in [1.54, 1.807) is 24.6 Å². The molecule has 0 aliphatic rings. The Morgan fingerprint density at radius 1 is 1.00 bits per heavy atom. The van der Waals surface area contributed by atoms with E-state index in [-0.39, 0.29) is 5.41 Å². The number of hydrogen-bond acceptors (Lipinski definition) is 6. The van der Waals surface area contributed by atoms with E-state index in [1.165, 1.54) is 0 Å². The molecule has 0 bridgehead atoms. The fourth-order valence-corrected chi connectivity index (χ4v) is 3.95. The van der Waals surface area contributed by atoms with E-state index < -0.39 is 0 Å². The molecule has 4 rings (SSSR count). The molecular formula is C23H23N3O2S. The van der Waals surface area contributed by atoms with Gasteiger partial charge in [0.2, 0.25) is 5.88 Å². The molecule has 29 heavy (non-hydrogen) atoms. The van der Waals surface area contributed by atoms with Gasteiger partial charge >= 0.3 is 0 Å². The average molecular weight is 406 g/mol. The molecule has 5 nitrogen and oxygen atoms in total. The molecule has 4 aromatic rings. The van der Waals surface area contributed by atoms with Crippen LogP contribution in [0.25, 0.3) is 10.2 Å². The fraction of sp³-hybridized carbons (Fsp3) is 0.217. The first-order valence-corrected chi connectivity index (χ1v) is 10.2. The minimum atomic E-state index is -0.0367. The Morgan fingerprint density at radius 3 is 2.62 bits per heavy atom. The maximum Gasteiger partial charge on any atom is 0.243 e. The van der Waals surface area contributed by atoms with Crippen molar-refractivity contribution < 1.29 is 9.47 Å². The van der Waals surface area contributed by atoms with Crippen LogP contribution in [0.5, 0.6) is 17.4 Å². The molecule has 0 unspecified atom stereocenters. The highest BCUT2D eigenvalue weighted by Crippen LogP contribution is 2.37. The quantitative estimate of drug-likeness (QED) is 0.409. The summed E-state index contributed by atoms with van der Waals surface area (Å²) in [5.41, 5.74) is 2.78. The number of methoxy groups -OCH3 is 1. The molecule has 0 fully saturated rings. The number of thiazole rings is 1. The molecule has 0 amide bonds. The van der Waals surface area contributed by atoms with E-state index in [4.69, 9.17) is 9.47 Å². The summed E-state index contributed by atoms with van der Waals surface area (Å²) in [4.78, 5) is 9.10. The zero-order valence-electron chi connectivity index (χ0n) is 16.9. The average Bonchev–Trinajstić information content (AvgIpc) is 3.10. The second-order valence-electron chi connectivity index (χ2n) is 7.68. The van der Waals surface area contributed by atoms with Gasteiger partial charge in [-0.2, -0.15) is 0 Å². The van der Waals surface area contributed by atoms with Crippen LogP contribution >= 0.6 is 11.3 Å². The van der Waals surface area contributed by atoms with Gasteiger partial charge in [0.25, 0.3) is 0 Å². The normalized spacial score (nSPS) is 11.4. The Bertz CT molecular complexity index is 1150. The molecule has 0 aliphatic heterocycles. The van der Waals surface area contributed by atoms with Gasteiger partial charge in [0.05, 0.1) is 17.3 Å². The topological polar surface area (TPSA) is 56.3 Å². The number of nitrogens with one attached hydrogen (secondary N) is 1. The minimum absolute atomic E-state index is 0.0367. The summed E-state index contributed by atoms with van der Waals surface area (Å²) in [5.74, 6) is 2.13. The number of hydrogen-bond donors (Lipinski definition) is 1. The van der Waals surface area contributed by atoms with Crippen LogP contribution in [0.2, 0.25) is 0 Å². The maximum absolute atomic E-state index is 6.23. The predicted octanol–water partition coefficient (Wildman–Crippen LogP) is 6.53. The molecule has 0 saturated heterocycles. The van der Waals surface area contributed by atoms with Gasteiger partial charge in [-0.1, -0.05) is 50.3 Å². The van der Waals surface area contributed by atoms with Gasteiger partial charge in [-0.15, -0.1) is 0 Å². The van der Waals surface area contributed by atoms with Gasteiger partial charge in [-0.25, -0.2) is 9.97 Å². The summed E-state index contributed by atoms with van der Waals surface area (Å²) >= 11 is 1.56. The number of ether oxygens (including phenoxy) is 2. The van der Waals surface area contributed by atoms with Crippen molar-refractivity contribution in [2.45, 2.75) is 26.2 Å². The van der Waals surface area contributed by atoms with Gasteiger partial charge in [-0.05, 0) is 41.8 Å². The van der Waals surface area contributed by atoms with E-state index in [9.17, 15) is 0 Å². The van der Waals surface area contributed by atoms with Gasteiger partial charge in [0.15, 0.2) is 5.13 Å². The first-order chi connectivity index (χ1) is 13.9. The third-order valence-electron chi connectivity index (χ3n) is 4.51. The number of fused-ring (bicyclic) bond motifs is 1. The standard InChI is InChI=1S/C23H23N3O2S/c1-23(2,3)16-8-5-6-10-19(16)28-21-18(9-7-13-24-21)26-22-25-17-12-11-15(27-4)14-20(17)29-22/h5-14H,1-4H3,(H,25,26). The van der Waals surface area contributed by atoms with Crippen molar-refractivity contribution in [2.75, 3.05) is 12.4 Å². The third kappa shape index (κ3) is 4.17. The molecule has 0 atom stereocenters. The number of benzene rings is 2. The minimum Gasteiger partial charge on any atom is -0.497 e. The molecule has 1 N–H and O–H groups in total. The van der Waals surface area contributed by atoms with Gasteiger partial charge < -0.3 is 14.8 Å². The summed E-state index contributed by atoms with van der Waals surface area (Å²) in [7, 11) is 1.66. The van der Waals surface area contributed by atoms with Crippen molar-refractivity contribution in [1.82, 2.24) is 9.97 Å². The highest BCUT2D eigenvalue weighted by molar-refractivity contribution is 7.22. The molecule has 0 spiro atoms. The Hall–Kier alpha value is -3.12. The van der Waals surface area contributed by atoms with E-state index in [1.807, 2.05) is 48.5 Å². The highest BCUT2D eigenvalue weighted by atomic mass is 32.1. The van der Waals surface area contributed by atoms with E-state index >= 15 is 0 Å². The number of anilines is 2. The molecule has 2 heterocycles. The van der Waals surface area contributed by atoms with Crippen LogP contribution in [0, 0.1) is 0 Å². The zero-order chi connectivity index (χ0) is 20.4. The molecule has 148 valence electrons. The largest absolute Gasteiger partial charge is 0.497 e. The van der Waals surface area contributed by atoms with Gasteiger partial charge in [-0.3, -0.25) is 0 Å². The van der Waals surface area contributed by atoms with Crippen molar-refractivity contribution in [3.05, 3.63) is 66.4 Å². The number of aromatic nitrogens is 2. The second-order valence-corrected chi connectivity index (χ2v) is 8.71. The van der Waals surface area contributed by atoms with Crippen molar-refractivity contribution in [1.29, 1.82) is 0 Å². The Morgan fingerprint density at radius 2 is 1.83 bits per heavy atom. The van der Waals surface area contributed by atoms with Crippen LogP contribution in [0.4, 0.5) is 10.8 Å². The number of para-hydroxylation sites is 1. The first-order valence-electron chi connectivity index (χ1n) is 9.38. The van der Waals surface area contributed by atoms with Crippen molar-refractivity contribution in [2.24, 2.45) is 0 Å². The second kappa shape index (κ2) is 7.72. The molecule has 0 saturated carbocycles. The van der Waals surface area contributed by atoms with Crippen molar-refractivity contribution in [3.8, 4) is 17.4 Å². The molecule has 6 heteroatoms. The SMILES string of the molecule is COc1ccc2nc(Nc3cccnc3Oc3ccccc3C(C)(C)C)sc2c1. The monoisotopic (exact) mass is 405 g/mol. The van der Waals surface area contributed by atoms with Crippen molar-refractivity contribution in [3.63, 3.8) is 0 Å². The first kappa shape index (κ1) is 19.2. The number of pyridine rings is 1. The van der Waals surface area contributed by atoms with E-state index in [0.29, 0.717) is 5.88 Å². The van der Waals surface area contributed by atoms with Gasteiger partial charge in [0.1, 0.15) is 17.2 Å². The summed E-state index contributed by atoms with van der Waals surface area (Å²) in [6, 6.07) is 17.7. The smallest absolute Gasteiger partial charge is 0.243 e. The van der Waals surface area contributed by atoms with Crippen LogP contribution < -0.4 is 14.8 Å². The van der Waals surface area contributed by atoms with Crippen LogP contribution in [0.15, 0.2) is 60.8 Å². The fourth-order valence-electron chi connectivity index (χ4n) is 3.05. The molecular weight excluding hydrogens is 382 g/mol. The summed E-state index contributed by atoms with van der Waals surface area (Å²) in [5, 5.41) is 4.13. The lowest BCUT2D eigenvalue weighted by atomic mass is 9.86. The molecule has 2 aromatic carbocycles. The molecule has 2 aromatic heterocycles. The maximum atomic E-state index is 6.23. The molecule has 0 aliphatic carbocycles. The van der Waals surface area contributed by atoms with Gasteiger partial charge in [0, 0.05) is 11.8 Å². The van der Waals surface area contributed by atoms with E-state index in [2.05, 4.69) is 42.1 Å². The summed E-state index contributed by atoms with van der Waals surface area (Å²) in [6.07, 6.45) is 1.73. The molecule has 0 radical (unpaired) electrons. The van der Waals surface area contributed by atoms with Crippen LogP contribution in [-0.2, 0) is 5.41 Å². The Balaban J connectivity index is 1.65. The van der Waals surface area contributed by atoms with Crippen LogP contribution in [0.1, 0.15) is 26.3 Å². The lowest BCUT2D eigenvalue weighted by Crippen LogP contribution is -2.12. The van der Waals surface area contributed by atoms with E-state index in [0.717, 1.165) is 38.1 Å². The number of rotatable bonds is 5. The summed E-state index contributed by atoms with van der Waals surface area (Å²) in [6.45, 7) is 6.51. The lowest BCUT2D eigenvalue weighted by Gasteiger charge is -2.22. The van der Waals surface area contributed by atoms with Crippen LogP contribution in [-0.4, -0.2) is 17.1 Å². The Labute approximate surface area is 174 Å².